The number of methoxy groups -OCH3 is 1. The zero-order chi connectivity index (χ0) is 21.6. The number of rotatable bonds is 10. The summed E-state index contributed by atoms with van der Waals surface area (Å²) in [5.41, 5.74) is 1.21. The first kappa shape index (κ1) is 24.9. The van der Waals surface area contributed by atoms with Crippen LogP contribution in [-0.4, -0.2) is 39.8 Å². The van der Waals surface area contributed by atoms with Crippen LogP contribution in [0.2, 0.25) is 0 Å². The SMILES string of the molecule is CNCc1cc(-c2ccccc2F)n(S(=O)(=O)c2cccc(OCCCOC)c2)c1.Cl. The van der Waals surface area contributed by atoms with E-state index in [1.807, 2.05) is 0 Å². The van der Waals surface area contributed by atoms with Crippen LogP contribution in [0.3, 0.4) is 0 Å². The molecule has 1 heterocycles. The van der Waals surface area contributed by atoms with Gasteiger partial charge in [-0.3, -0.25) is 0 Å². The second-order valence-electron chi connectivity index (χ2n) is 6.71. The molecule has 0 amide bonds. The van der Waals surface area contributed by atoms with Gasteiger partial charge in [-0.2, -0.15) is 0 Å². The van der Waals surface area contributed by atoms with E-state index in [-0.39, 0.29) is 28.6 Å². The van der Waals surface area contributed by atoms with E-state index in [2.05, 4.69) is 5.32 Å². The smallest absolute Gasteiger partial charge is 0.268 e. The van der Waals surface area contributed by atoms with Crippen molar-refractivity contribution in [3.05, 3.63) is 72.2 Å². The van der Waals surface area contributed by atoms with Crippen molar-refractivity contribution >= 4 is 22.4 Å². The number of nitrogens with one attached hydrogen (secondary N) is 1. The Bertz CT molecular complexity index is 1100. The number of nitrogens with zero attached hydrogens (tertiary/aromatic N) is 1. The van der Waals surface area contributed by atoms with Crippen LogP contribution in [0, 0.1) is 5.82 Å². The van der Waals surface area contributed by atoms with E-state index in [1.54, 1.807) is 50.6 Å². The van der Waals surface area contributed by atoms with E-state index in [0.717, 1.165) is 9.54 Å². The highest BCUT2D eigenvalue weighted by molar-refractivity contribution is 7.90. The molecule has 0 aliphatic carbocycles. The van der Waals surface area contributed by atoms with Crippen molar-refractivity contribution in [3.63, 3.8) is 0 Å². The van der Waals surface area contributed by atoms with Crippen molar-refractivity contribution in [3.8, 4) is 17.0 Å². The summed E-state index contributed by atoms with van der Waals surface area (Å²) in [6.45, 7) is 1.42. The largest absolute Gasteiger partial charge is 0.493 e. The summed E-state index contributed by atoms with van der Waals surface area (Å²) in [5.74, 6) is -0.0412. The second-order valence-corrected chi connectivity index (χ2v) is 8.53. The van der Waals surface area contributed by atoms with Gasteiger partial charge >= 0.3 is 0 Å². The molecule has 31 heavy (non-hydrogen) atoms. The number of aromatic nitrogens is 1. The van der Waals surface area contributed by atoms with Crippen molar-refractivity contribution < 1.29 is 22.3 Å². The first-order valence-electron chi connectivity index (χ1n) is 9.55. The number of benzene rings is 2. The van der Waals surface area contributed by atoms with Crippen molar-refractivity contribution in [1.82, 2.24) is 9.29 Å². The molecule has 3 rings (SSSR count). The number of hydrogen-bond donors (Lipinski definition) is 1. The molecule has 1 aromatic heterocycles. The maximum Gasteiger partial charge on any atom is 0.268 e. The molecule has 1 N–H and O–H groups in total. The van der Waals surface area contributed by atoms with E-state index in [4.69, 9.17) is 9.47 Å². The van der Waals surface area contributed by atoms with Gasteiger partial charge in [0.25, 0.3) is 10.0 Å². The molecule has 9 heteroatoms. The lowest BCUT2D eigenvalue weighted by Gasteiger charge is -2.13. The van der Waals surface area contributed by atoms with Gasteiger partial charge in [0, 0.05) is 44.5 Å². The minimum atomic E-state index is -3.97. The van der Waals surface area contributed by atoms with Crippen LogP contribution in [0.15, 0.2) is 65.7 Å². The molecule has 0 bridgehead atoms. The summed E-state index contributed by atoms with van der Waals surface area (Å²) in [6, 6.07) is 14.1. The fraction of sp³-hybridized carbons (Fsp3) is 0.273. The molecule has 0 unspecified atom stereocenters. The van der Waals surface area contributed by atoms with Gasteiger partial charge in [0.15, 0.2) is 0 Å². The Hall–Kier alpha value is -2.39. The molecule has 0 spiro atoms. The molecular formula is C22H26ClFN2O4S. The molecule has 6 nitrogen and oxygen atoms in total. The van der Waals surface area contributed by atoms with Crippen LogP contribution in [0.25, 0.3) is 11.3 Å². The maximum atomic E-state index is 14.5. The highest BCUT2D eigenvalue weighted by atomic mass is 35.5. The van der Waals surface area contributed by atoms with Gasteiger partial charge < -0.3 is 14.8 Å². The number of halogens is 2. The van der Waals surface area contributed by atoms with Crippen LogP contribution >= 0.6 is 12.4 Å². The molecule has 0 aliphatic rings. The van der Waals surface area contributed by atoms with Gasteiger partial charge in [-0.15, -0.1) is 12.4 Å². The molecule has 0 aliphatic heterocycles. The Morgan fingerprint density at radius 1 is 1.06 bits per heavy atom. The molecule has 0 radical (unpaired) electrons. The summed E-state index contributed by atoms with van der Waals surface area (Å²) in [6.07, 6.45) is 2.20. The molecular weight excluding hydrogens is 443 g/mol. The Morgan fingerprint density at radius 2 is 1.84 bits per heavy atom. The zero-order valence-corrected chi connectivity index (χ0v) is 19.0. The fourth-order valence-corrected chi connectivity index (χ4v) is 4.52. The number of hydrogen-bond acceptors (Lipinski definition) is 5. The zero-order valence-electron chi connectivity index (χ0n) is 17.4. The number of ether oxygens (including phenoxy) is 2. The highest BCUT2D eigenvalue weighted by Crippen LogP contribution is 2.30. The van der Waals surface area contributed by atoms with Crippen LogP contribution in [-0.2, 0) is 21.3 Å². The predicted molar refractivity (Wildman–Crippen MR) is 121 cm³/mol. The topological polar surface area (TPSA) is 69.6 Å². The molecule has 0 saturated carbocycles. The lowest BCUT2D eigenvalue weighted by Crippen LogP contribution is -2.14. The minimum absolute atomic E-state index is 0. The molecule has 2 aromatic carbocycles. The molecule has 0 fully saturated rings. The average Bonchev–Trinajstić information content (AvgIpc) is 3.17. The van der Waals surface area contributed by atoms with Gasteiger partial charge in [0.05, 0.1) is 17.2 Å². The average molecular weight is 469 g/mol. The highest BCUT2D eigenvalue weighted by Gasteiger charge is 2.23. The Balaban J connectivity index is 0.00000341. The van der Waals surface area contributed by atoms with Gasteiger partial charge in [-0.05, 0) is 42.9 Å². The van der Waals surface area contributed by atoms with Crippen molar-refractivity contribution in [2.24, 2.45) is 0 Å². The van der Waals surface area contributed by atoms with Crippen LogP contribution < -0.4 is 10.1 Å². The third-order valence-electron chi connectivity index (χ3n) is 4.50. The summed E-state index contributed by atoms with van der Waals surface area (Å²) in [5, 5.41) is 2.99. The van der Waals surface area contributed by atoms with E-state index in [1.165, 1.54) is 24.4 Å². The first-order valence-corrected chi connectivity index (χ1v) is 11.0. The Morgan fingerprint density at radius 3 is 2.55 bits per heavy atom. The minimum Gasteiger partial charge on any atom is -0.493 e. The third kappa shape index (κ3) is 5.86. The summed E-state index contributed by atoms with van der Waals surface area (Å²) in [7, 11) is -0.598. The van der Waals surface area contributed by atoms with Gasteiger partial charge in [0.1, 0.15) is 11.6 Å². The molecule has 3 aromatic rings. The van der Waals surface area contributed by atoms with Crippen LogP contribution in [0.5, 0.6) is 5.75 Å². The monoisotopic (exact) mass is 468 g/mol. The Kier molecular flexibility index (Phi) is 9.06. The first-order chi connectivity index (χ1) is 14.5. The lowest BCUT2D eigenvalue weighted by atomic mass is 10.1. The van der Waals surface area contributed by atoms with Gasteiger partial charge in [-0.25, -0.2) is 16.8 Å². The van der Waals surface area contributed by atoms with Crippen molar-refractivity contribution in [1.29, 1.82) is 0 Å². The Labute approximate surface area is 188 Å². The lowest BCUT2D eigenvalue weighted by molar-refractivity contribution is 0.172. The molecule has 0 saturated heterocycles. The van der Waals surface area contributed by atoms with Crippen molar-refractivity contribution in [2.45, 2.75) is 17.9 Å². The van der Waals surface area contributed by atoms with E-state index in [9.17, 15) is 12.8 Å². The molecule has 168 valence electrons. The standard InChI is InChI=1S/C22H25FN2O4S.ClH/c1-24-15-17-13-22(20-9-3-4-10-21(20)23)25(16-17)30(26,27)19-8-5-7-18(14-19)29-12-6-11-28-2;/h3-5,7-10,13-14,16,24H,6,11-12,15H2,1-2H3;1H. The van der Waals surface area contributed by atoms with E-state index >= 15 is 0 Å². The predicted octanol–water partition coefficient (Wildman–Crippen LogP) is 4.09. The molecule has 0 atom stereocenters. The fourth-order valence-electron chi connectivity index (χ4n) is 3.09. The normalized spacial score (nSPS) is 11.2. The van der Waals surface area contributed by atoms with Gasteiger partial charge in [0.2, 0.25) is 0 Å². The third-order valence-corrected chi connectivity index (χ3v) is 6.17. The summed E-state index contributed by atoms with van der Waals surface area (Å²) in [4.78, 5) is 0.0657. The van der Waals surface area contributed by atoms with E-state index in [0.29, 0.717) is 31.9 Å². The van der Waals surface area contributed by atoms with E-state index < -0.39 is 15.8 Å². The van der Waals surface area contributed by atoms with Gasteiger partial charge in [-0.1, -0.05) is 18.2 Å². The van der Waals surface area contributed by atoms with Crippen molar-refractivity contribution in [2.75, 3.05) is 27.4 Å². The maximum absolute atomic E-state index is 14.5. The van der Waals surface area contributed by atoms with Crippen LogP contribution in [0.1, 0.15) is 12.0 Å². The summed E-state index contributed by atoms with van der Waals surface area (Å²) >= 11 is 0. The second kappa shape index (κ2) is 11.3. The van der Waals surface area contributed by atoms with Crippen LogP contribution in [0.4, 0.5) is 4.39 Å². The quantitative estimate of drug-likeness (QED) is 0.454. The summed E-state index contributed by atoms with van der Waals surface area (Å²) < 4.78 is 53.1.